The molecule has 0 aromatic carbocycles. The van der Waals surface area contributed by atoms with Gasteiger partial charge in [0, 0.05) is 12.8 Å². The van der Waals surface area contributed by atoms with Gasteiger partial charge < -0.3 is 10.4 Å². The first-order valence-electron chi connectivity index (χ1n) is 6.88. The highest BCUT2D eigenvalue weighted by Crippen LogP contribution is 2.30. The molecule has 0 saturated heterocycles. The second-order valence-corrected chi connectivity index (χ2v) is 8.32. The molecule has 0 amide bonds. The fourth-order valence-electron chi connectivity index (χ4n) is 2.61. The number of aliphatic hydroxyl groups excluding tert-OH is 1. The van der Waals surface area contributed by atoms with Gasteiger partial charge >= 0.3 is 0 Å². The van der Waals surface area contributed by atoms with Crippen LogP contribution in [0.3, 0.4) is 0 Å². The van der Waals surface area contributed by atoms with Gasteiger partial charge in [0.25, 0.3) is 0 Å². The summed E-state index contributed by atoms with van der Waals surface area (Å²) in [5, 5.41) is 13.1. The van der Waals surface area contributed by atoms with Crippen LogP contribution in [0, 0.1) is 11.8 Å². The average molecular weight is 277 g/mol. The molecular formula is C13H27NO3S. The van der Waals surface area contributed by atoms with Crippen LogP contribution >= 0.6 is 0 Å². The number of sulfone groups is 1. The monoisotopic (exact) mass is 277 g/mol. The van der Waals surface area contributed by atoms with Crippen molar-refractivity contribution in [3.05, 3.63) is 0 Å². The second kappa shape index (κ2) is 6.87. The van der Waals surface area contributed by atoms with Gasteiger partial charge in [-0.05, 0) is 37.6 Å². The van der Waals surface area contributed by atoms with Gasteiger partial charge in [0.15, 0.2) is 0 Å². The average Bonchev–Trinajstić information content (AvgIpc) is 2.27. The minimum absolute atomic E-state index is 0.123. The van der Waals surface area contributed by atoms with E-state index in [0.29, 0.717) is 18.9 Å². The van der Waals surface area contributed by atoms with Crippen LogP contribution in [0.5, 0.6) is 0 Å². The molecule has 3 unspecified atom stereocenters. The molecule has 3 atom stereocenters. The molecule has 0 radical (unpaired) electrons. The Hall–Kier alpha value is -0.130. The third-order valence-corrected chi connectivity index (χ3v) is 5.36. The molecule has 18 heavy (non-hydrogen) atoms. The largest absolute Gasteiger partial charge is 0.392 e. The lowest BCUT2D eigenvalue weighted by molar-refractivity contribution is 0.0844. The molecule has 0 aliphatic heterocycles. The molecule has 0 heterocycles. The second-order valence-electron chi connectivity index (χ2n) is 6.00. The van der Waals surface area contributed by atoms with Crippen LogP contribution in [-0.2, 0) is 9.84 Å². The minimum atomic E-state index is -2.96. The van der Waals surface area contributed by atoms with Crippen LogP contribution in [0.1, 0.15) is 39.5 Å². The summed E-state index contributed by atoms with van der Waals surface area (Å²) in [4.78, 5) is 0. The van der Waals surface area contributed by atoms with Crippen molar-refractivity contribution in [1.29, 1.82) is 0 Å². The van der Waals surface area contributed by atoms with Crippen LogP contribution in [-0.4, -0.2) is 44.2 Å². The van der Waals surface area contributed by atoms with Gasteiger partial charge in [-0.25, -0.2) is 8.42 Å². The molecule has 2 N–H and O–H groups in total. The van der Waals surface area contributed by atoms with Crippen molar-refractivity contribution in [2.24, 2.45) is 11.8 Å². The lowest BCUT2D eigenvalue weighted by atomic mass is 9.85. The quantitative estimate of drug-likeness (QED) is 0.765. The first-order chi connectivity index (χ1) is 8.30. The Morgan fingerprint density at radius 3 is 2.50 bits per heavy atom. The Morgan fingerprint density at radius 1 is 1.28 bits per heavy atom. The molecule has 5 heteroatoms. The summed E-state index contributed by atoms with van der Waals surface area (Å²) in [6, 6.07) is 0. The fourth-order valence-corrected chi connectivity index (χ4v) is 3.80. The molecule has 108 valence electrons. The third-order valence-electron chi connectivity index (χ3n) is 3.72. The maximum absolute atomic E-state index is 11.6. The Labute approximate surface area is 111 Å². The molecule has 1 rings (SSSR count). The predicted molar refractivity (Wildman–Crippen MR) is 74.3 cm³/mol. The molecule has 1 aliphatic rings. The number of rotatable bonds is 6. The highest BCUT2D eigenvalue weighted by molar-refractivity contribution is 7.91. The van der Waals surface area contributed by atoms with E-state index in [0.717, 1.165) is 25.8 Å². The Bertz CT molecular complexity index is 340. The van der Waals surface area contributed by atoms with E-state index in [1.54, 1.807) is 0 Å². The molecule has 4 nitrogen and oxygen atoms in total. The van der Waals surface area contributed by atoms with Crippen molar-refractivity contribution in [3.63, 3.8) is 0 Å². The molecule has 0 aromatic rings. The van der Waals surface area contributed by atoms with Crippen molar-refractivity contribution in [2.45, 2.75) is 50.9 Å². The lowest BCUT2D eigenvalue weighted by Crippen LogP contribution is -2.39. The molecule has 0 bridgehead atoms. The zero-order chi connectivity index (χ0) is 13.8. The number of hydrogen-bond donors (Lipinski definition) is 2. The van der Waals surface area contributed by atoms with Gasteiger partial charge in [0.05, 0.1) is 11.4 Å². The van der Waals surface area contributed by atoms with Crippen molar-refractivity contribution in [3.8, 4) is 0 Å². The summed E-state index contributed by atoms with van der Waals surface area (Å²) < 4.78 is 23.1. The van der Waals surface area contributed by atoms with Gasteiger partial charge in [-0.2, -0.15) is 0 Å². The molecule has 0 aromatic heterocycles. The van der Waals surface area contributed by atoms with Crippen molar-refractivity contribution < 1.29 is 13.5 Å². The van der Waals surface area contributed by atoms with Crippen LogP contribution in [0.15, 0.2) is 0 Å². The summed E-state index contributed by atoms with van der Waals surface area (Å²) in [7, 11) is -2.96. The van der Waals surface area contributed by atoms with E-state index in [1.165, 1.54) is 6.26 Å². The topological polar surface area (TPSA) is 66.4 Å². The van der Waals surface area contributed by atoms with E-state index in [2.05, 4.69) is 19.2 Å². The fraction of sp³-hybridized carbons (Fsp3) is 1.00. The molecule has 0 spiro atoms. The Morgan fingerprint density at radius 2 is 1.94 bits per heavy atom. The minimum Gasteiger partial charge on any atom is -0.392 e. The Balaban J connectivity index is 2.41. The van der Waals surface area contributed by atoms with Gasteiger partial charge in [0.2, 0.25) is 0 Å². The first kappa shape index (κ1) is 15.9. The highest BCUT2D eigenvalue weighted by Gasteiger charge is 2.32. The van der Waals surface area contributed by atoms with E-state index in [-0.39, 0.29) is 11.2 Å². The van der Waals surface area contributed by atoms with Gasteiger partial charge in [-0.3, -0.25) is 0 Å². The van der Waals surface area contributed by atoms with Crippen LogP contribution in [0.4, 0.5) is 0 Å². The summed E-state index contributed by atoms with van der Waals surface area (Å²) in [6.45, 7) is 5.71. The molecule has 1 saturated carbocycles. The van der Waals surface area contributed by atoms with Crippen molar-refractivity contribution in [2.75, 3.05) is 19.3 Å². The molecule has 1 aliphatic carbocycles. The van der Waals surface area contributed by atoms with Crippen LogP contribution in [0.2, 0.25) is 0 Å². The van der Waals surface area contributed by atoms with Gasteiger partial charge in [-0.15, -0.1) is 0 Å². The number of aliphatic hydroxyl groups is 1. The van der Waals surface area contributed by atoms with E-state index < -0.39 is 15.9 Å². The van der Waals surface area contributed by atoms with Gasteiger partial charge in [0.1, 0.15) is 9.84 Å². The number of nitrogens with one attached hydrogen (secondary N) is 1. The van der Waals surface area contributed by atoms with Gasteiger partial charge in [-0.1, -0.05) is 20.3 Å². The zero-order valence-corrected chi connectivity index (χ0v) is 12.5. The van der Waals surface area contributed by atoms with Crippen LogP contribution < -0.4 is 5.32 Å². The first-order valence-corrected chi connectivity index (χ1v) is 8.83. The summed E-state index contributed by atoms with van der Waals surface area (Å²) in [5.41, 5.74) is 0. The van der Waals surface area contributed by atoms with E-state index in [4.69, 9.17) is 0 Å². The van der Waals surface area contributed by atoms with Crippen molar-refractivity contribution in [1.82, 2.24) is 5.32 Å². The van der Waals surface area contributed by atoms with E-state index in [9.17, 15) is 13.5 Å². The SMILES string of the molecule is CC(C)CNCC(O)C1CCCC(S(C)(=O)=O)C1. The normalized spacial score (nSPS) is 27.4. The Kier molecular flexibility index (Phi) is 6.08. The van der Waals surface area contributed by atoms with E-state index in [1.807, 2.05) is 0 Å². The van der Waals surface area contributed by atoms with Crippen LogP contribution in [0.25, 0.3) is 0 Å². The number of hydrogen-bond acceptors (Lipinski definition) is 4. The summed E-state index contributed by atoms with van der Waals surface area (Å²) >= 11 is 0. The maximum Gasteiger partial charge on any atom is 0.150 e. The summed E-state index contributed by atoms with van der Waals surface area (Å²) in [6.07, 6.45) is 4.10. The molecule has 1 fully saturated rings. The molecular weight excluding hydrogens is 250 g/mol. The third kappa shape index (κ3) is 5.24. The zero-order valence-electron chi connectivity index (χ0n) is 11.7. The standard InChI is InChI=1S/C13H27NO3S/c1-10(2)8-14-9-13(15)11-5-4-6-12(7-11)18(3,16)17/h10-15H,4-9H2,1-3H3. The smallest absolute Gasteiger partial charge is 0.150 e. The van der Waals surface area contributed by atoms with E-state index >= 15 is 0 Å². The highest BCUT2D eigenvalue weighted by atomic mass is 32.2. The van der Waals surface area contributed by atoms with Crippen molar-refractivity contribution >= 4 is 9.84 Å². The predicted octanol–water partition coefficient (Wildman–Crippen LogP) is 1.20. The summed E-state index contributed by atoms with van der Waals surface area (Å²) in [5.74, 6) is 0.686. The maximum atomic E-state index is 11.6. The lowest BCUT2D eigenvalue weighted by Gasteiger charge is -2.31.